The molecule has 2 heterocycles. The smallest absolute Gasteiger partial charge is 0.399 e. The van der Waals surface area contributed by atoms with Gasteiger partial charge in [-0.1, -0.05) is 12.1 Å². The van der Waals surface area contributed by atoms with Crippen molar-refractivity contribution in [2.75, 3.05) is 13.2 Å². The Balaban J connectivity index is 1.87. The molecule has 1 unspecified atom stereocenters. The zero-order chi connectivity index (χ0) is 16.0. The van der Waals surface area contributed by atoms with Gasteiger partial charge in [0.1, 0.15) is 5.82 Å². The SMILES string of the molecule is CC1(C)OB(c2ccc(F)c(C3CCCOC3)c2)OC1(C)C. The van der Waals surface area contributed by atoms with Gasteiger partial charge < -0.3 is 14.0 Å². The lowest BCUT2D eigenvalue weighted by atomic mass is 9.77. The Hall–Kier alpha value is -0.905. The fraction of sp³-hybridized carbons (Fsp3) is 0.647. The summed E-state index contributed by atoms with van der Waals surface area (Å²) in [5.74, 6) is -0.0492. The van der Waals surface area contributed by atoms with Gasteiger partial charge in [-0.05, 0) is 57.6 Å². The van der Waals surface area contributed by atoms with Crippen LogP contribution in [-0.4, -0.2) is 31.5 Å². The molecule has 0 amide bonds. The monoisotopic (exact) mass is 306 g/mol. The summed E-state index contributed by atoms with van der Waals surface area (Å²) in [7, 11) is -0.450. The molecule has 1 aromatic rings. The van der Waals surface area contributed by atoms with Gasteiger partial charge in [0.15, 0.2) is 0 Å². The minimum absolute atomic E-state index is 0.121. The predicted molar refractivity (Wildman–Crippen MR) is 84.9 cm³/mol. The Morgan fingerprint density at radius 2 is 1.82 bits per heavy atom. The van der Waals surface area contributed by atoms with Crippen LogP contribution in [-0.2, 0) is 14.0 Å². The molecule has 0 spiro atoms. The third-order valence-electron chi connectivity index (χ3n) is 5.15. The molecule has 0 aliphatic carbocycles. The predicted octanol–water partition coefficient (Wildman–Crippen LogP) is 3.02. The first-order valence-electron chi connectivity index (χ1n) is 8.03. The van der Waals surface area contributed by atoms with Crippen molar-refractivity contribution in [2.45, 2.75) is 57.7 Å². The van der Waals surface area contributed by atoms with Crippen LogP contribution in [0.5, 0.6) is 0 Å². The average Bonchev–Trinajstić information content (AvgIpc) is 2.69. The highest BCUT2D eigenvalue weighted by Crippen LogP contribution is 2.37. The quantitative estimate of drug-likeness (QED) is 0.786. The van der Waals surface area contributed by atoms with Crippen molar-refractivity contribution >= 4 is 12.6 Å². The van der Waals surface area contributed by atoms with E-state index in [1.54, 1.807) is 6.07 Å². The second-order valence-electron chi connectivity index (χ2n) is 7.28. The molecule has 120 valence electrons. The fourth-order valence-corrected chi connectivity index (χ4v) is 2.99. The summed E-state index contributed by atoms with van der Waals surface area (Å²) in [5, 5.41) is 0. The molecule has 1 aromatic carbocycles. The van der Waals surface area contributed by atoms with Crippen molar-refractivity contribution in [1.82, 2.24) is 0 Å². The highest BCUT2D eigenvalue weighted by molar-refractivity contribution is 6.62. The van der Waals surface area contributed by atoms with E-state index in [1.807, 2.05) is 33.8 Å². The molecule has 0 radical (unpaired) electrons. The van der Waals surface area contributed by atoms with E-state index in [2.05, 4.69) is 0 Å². The Morgan fingerprint density at radius 1 is 1.14 bits per heavy atom. The van der Waals surface area contributed by atoms with E-state index < -0.39 is 7.12 Å². The standard InChI is InChI=1S/C17H24BFO3/c1-16(2)17(3,4)22-18(21-16)13-7-8-15(19)14(10-13)12-6-5-9-20-11-12/h7-8,10,12H,5-6,9,11H2,1-4H3. The van der Waals surface area contributed by atoms with Crippen molar-refractivity contribution < 1.29 is 18.4 Å². The molecule has 0 saturated carbocycles. The van der Waals surface area contributed by atoms with Crippen LogP contribution in [0.3, 0.4) is 0 Å². The summed E-state index contributed by atoms with van der Waals surface area (Å²) in [6.45, 7) is 9.44. The fourth-order valence-electron chi connectivity index (χ4n) is 2.99. The van der Waals surface area contributed by atoms with Crippen LogP contribution in [0.2, 0.25) is 0 Å². The summed E-state index contributed by atoms with van der Waals surface area (Å²) in [6, 6.07) is 5.16. The molecule has 0 aromatic heterocycles. The van der Waals surface area contributed by atoms with Crippen molar-refractivity contribution in [3.05, 3.63) is 29.6 Å². The van der Waals surface area contributed by atoms with Crippen LogP contribution in [0.4, 0.5) is 4.39 Å². The topological polar surface area (TPSA) is 27.7 Å². The lowest BCUT2D eigenvalue weighted by Gasteiger charge is -2.32. The molecule has 1 atom stereocenters. The molecule has 2 fully saturated rings. The van der Waals surface area contributed by atoms with Gasteiger partial charge in [0, 0.05) is 12.5 Å². The van der Waals surface area contributed by atoms with Crippen LogP contribution < -0.4 is 5.46 Å². The van der Waals surface area contributed by atoms with Crippen LogP contribution in [0, 0.1) is 5.82 Å². The third-order valence-corrected chi connectivity index (χ3v) is 5.15. The van der Waals surface area contributed by atoms with E-state index in [0.717, 1.165) is 24.9 Å². The van der Waals surface area contributed by atoms with Gasteiger partial charge in [0.05, 0.1) is 17.8 Å². The van der Waals surface area contributed by atoms with Crippen molar-refractivity contribution in [2.24, 2.45) is 0 Å². The van der Waals surface area contributed by atoms with Crippen LogP contribution >= 0.6 is 0 Å². The van der Waals surface area contributed by atoms with Gasteiger partial charge in [0.25, 0.3) is 0 Å². The van der Waals surface area contributed by atoms with E-state index in [9.17, 15) is 4.39 Å². The minimum Gasteiger partial charge on any atom is -0.399 e. The highest BCUT2D eigenvalue weighted by Gasteiger charge is 2.51. The Labute approximate surface area is 132 Å². The normalized spacial score (nSPS) is 27.1. The number of halogens is 1. The molecule has 0 N–H and O–H groups in total. The number of hydrogen-bond donors (Lipinski definition) is 0. The molecule has 2 aliphatic heterocycles. The van der Waals surface area contributed by atoms with E-state index in [-0.39, 0.29) is 22.9 Å². The molecule has 2 aliphatic rings. The summed E-state index contributed by atoms with van der Waals surface area (Å²) in [5.41, 5.74) is 0.813. The maximum Gasteiger partial charge on any atom is 0.494 e. The van der Waals surface area contributed by atoms with Crippen LogP contribution in [0.25, 0.3) is 0 Å². The number of benzene rings is 1. The van der Waals surface area contributed by atoms with E-state index in [4.69, 9.17) is 14.0 Å². The van der Waals surface area contributed by atoms with Gasteiger partial charge in [0.2, 0.25) is 0 Å². The average molecular weight is 306 g/mol. The molecular weight excluding hydrogens is 282 g/mol. The van der Waals surface area contributed by atoms with Crippen LogP contribution in [0.15, 0.2) is 18.2 Å². The van der Waals surface area contributed by atoms with Crippen molar-refractivity contribution in [1.29, 1.82) is 0 Å². The number of hydrogen-bond acceptors (Lipinski definition) is 3. The molecule has 3 rings (SSSR count). The molecular formula is C17H24BFO3. The second-order valence-corrected chi connectivity index (χ2v) is 7.28. The lowest BCUT2D eigenvalue weighted by Crippen LogP contribution is -2.41. The maximum atomic E-state index is 14.2. The second kappa shape index (κ2) is 5.62. The minimum atomic E-state index is -0.450. The lowest BCUT2D eigenvalue weighted by molar-refractivity contribution is 0.00578. The van der Waals surface area contributed by atoms with Gasteiger partial charge in [-0.2, -0.15) is 0 Å². The Morgan fingerprint density at radius 3 is 2.41 bits per heavy atom. The first-order valence-corrected chi connectivity index (χ1v) is 8.03. The van der Waals surface area contributed by atoms with E-state index in [0.29, 0.717) is 12.2 Å². The maximum absolute atomic E-state index is 14.2. The summed E-state index contributed by atoms with van der Waals surface area (Å²) >= 11 is 0. The van der Waals surface area contributed by atoms with Gasteiger partial charge in [-0.25, -0.2) is 4.39 Å². The first kappa shape index (κ1) is 16.0. The van der Waals surface area contributed by atoms with E-state index in [1.165, 1.54) is 6.07 Å². The Kier molecular flexibility index (Phi) is 4.08. The zero-order valence-electron chi connectivity index (χ0n) is 13.8. The van der Waals surface area contributed by atoms with Crippen molar-refractivity contribution in [3.8, 4) is 0 Å². The molecule has 22 heavy (non-hydrogen) atoms. The van der Waals surface area contributed by atoms with Crippen LogP contribution in [0.1, 0.15) is 52.0 Å². The van der Waals surface area contributed by atoms with Gasteiger partial charge in [-0.3, -0.25) is 0 Å². The third kappa shape index (κ3) is 2.82. The number of rotatable bonds is 2. The molecule has 2 saturated heterocycles. The zero-order valence-corrected chi connectivity index (χ0v) is 13.8. The Bertz CT molecular complexity index is 537. The van der Waals surface area contributed by atoms with E-state index >= 15 is 0 Å². The first-order chi connectivity index (χ1) is 10.3. The summed E-state index contributed by atoms with van der Waals surface area (Å²) in [6.07, 6.45) is 1.94. The van der Waals surface area contributed by atoms with Crippen molar-refractivity contribution in [3.63, 3.8) is 0 Å². The summed E-state index contributed by atoms with van der Waals surface area (Å²) in [4.78, 5) is 0. The number of ether oxygens (including phenoxy) is 1. The summed E-state index contributed by atoms with van der Waals surface area (Å²) < 4.78 is 31.8. The molecule has 0 bridgehead atoms. The van der Waals surface area contributed by atoms with Gasteiger partial charge >= 0.3 is 7.12 Å². The highest BCUT2D eigenvalue weighted by atomic mass is 19.1. The van der Waals surface area contributed by atoms with Gasteiger partial charge in [-0.15, -0.1) is 0 Å². The largest absolute Gasteiger partial charge is 0.494 e. The molecule has 3 nitrogen and oxygen atoms in total. The molecule has 5 heteroatoms.